The molecule has 9 heteroatoms. The summed E-state index contributed by atoms with van der Waals surface area (Å²) in [5.41, 5.74) is 3.94. The zero-order valence-electron chi connectivity index (χ0n) is 17.4. The van der Waals surface area contributed by atoms with Crippen molar-refractivity contribution in [2.75, 3.05) is 0 Å². The number of rotatable bonds is 6. The summed E-state index contributed by atoms with van der Waals surface area (Å²) >= 11 is 0. The summed E-state index contributed by atoms with van der Waals surface area (Å²) in [7, 11) is 0. The van der Waals surface area contributed by atoms with E-state index in [0.29, 0.717) is 44.8 Å². The highest BCUT2D eigenvalue weighted by Gasteiger charge is 2.32. The van der Waals surface area contributed by atoms with Gasteiger partial charge in [-0.3, -0.25) is 0 Å². The van der Waals surface area contributed by atoms with Crippen LogP contribution < -0.4 is 4.74 Å². The lowest BCUT2D eigenvalue weighted by Gasteiger charge is -2.15. The largest absolute Gasteiger partial charge is 0.573 e. The number of para-hydroxylation sites is 1. The van der Waals surface area contributed by atoms with Crippen molar-refractivity contribution in [2.45, 2.75) is 26.5 Å². The Hall–Kier alpha value is -3.69. The molecular weight excluding hydrogens is 437 g/mol. The first-order valence-corrected chi connectivity index (χ1v) is 9.93. The summed E-state index contributed by atoms with van der Waals surface area (Å²) in [4.78, 5) is 4.40. The van der Waals surface area contributed by atoms with Crippen LogP contribution in [0.15, 0.2) is 65.2 Å². The van der Waals surface area contributed by atoms with Gasteiger partial charge in [-0.1, -0.05) is 41.6 Å². The molecule has 1 heterocycles. The van der Waals surface area contributed by atoms with E-state index in [2.05, 4.69) is 14.9 Å². The predicted molar refractivity (Wildman–Crippen MR) is 114 cm³/mol. The molecule has 0 saturated carbocycles. The zero-order chi connectivity index (χ0) is 23.6. The molecule has 1 aromatic heterocycles. The van der Waals surface area contributed by atoms with Crippen molar-refractivity contribution in [2.24, 2.45) is 0 Å². The Morgan fingerprint density at radius 2 is 1.61 bits per heavy atom. The van der Waals surface area contributed by atoms with Crippen molar-refractivity contribution >= 4 is 0 Å². The summed E-state index contributed by atoms with van der Waals surface area (Å²) in [5.74, 6) is 0.248. The maximum absolute atomic E-state index is 12.8. The number of aromatic nitrogens is 2. The SMILES string of the molecule is Cc1cc(-c2nc(-c3ccc(CO)c(CO)c3)no2)ccc1-c1ccccc1OC(F)(F)F. The van der Waals surface area contributed by atoms with E-state index in [1.165, 1.54) is 12.1 Å². The first kappa shape index (κ1) is 22.5. The maximum Gasteiger partial charge on any atom is 0.573 e. The molecule has 4 aromatic rings. The Bertz CT molecular complexity index is 1280. The summed E-state index contributed by atoms with van der Waals surface area (Å²) in [6.45, 7) is 1.33. The zero-order valence-corrected chi connectivity index (χ0v) is 17.4. The van der Waals surface area contributed by atoms with Gasteiger partial charge in [0.25, 0.3) is 5.89 Å². The lowest BCUT2D eigenvalue weighted by molar-refractivity contribution is -0.274. The predicted octanol–water partition coefficient (Wildman–Crippen LogP) is 5.26. The molecule has 0 bridgehead atoms. The van der Waals surface area contributed by atoms with Crippen LogP contribution in [-0.4, -0.2) is 26.7 Å². The molecule has 2 N–H and O–H groups in total. The van der Waals surface area contributed by atoms with Crippen molar-refractivity contribution in [1.82, 2.24) is 10.1 Å². The second-order valence-electron chi connectivity index (χ2n) is 7.30. The molecule has 0 fully saturated rings. The van der Waals surface area contributed by atoms with Gasteiger partial charge in [0.2, 0.25) is 5.82 Å². The molecule has 0 spiro atoms. The van der Waals surface area contributed by atoms with Gasteiger partial charge in [0.05, 0.1) is 13.2 Å². The number of benzene rings is 3. The fourth-order valence-corrected chi connectivity index (χ4v) is 3.53. The van der Waals surface area contributed by atoms with Gasteiger partial charge in [-0.2, -0.15) is 4.98 Å². The lowest BCUT2D eigenvalue weighted by atomic mass is 9.97. The Kier molecular flexibility index (Phi) is 6.17. The topological polar surface area (TPSA) is 88.6 Å². The molecule has 0 saturated heterocycles. The van der Waals surface area contributed by atoms with Crippen LogP contribution >= 0.6 is 0 Å². The highest BCUT2D eigenvalue weighted by Crippen LogP contribution is 2.36. The first-order chi connectivity index (χ1) is 15.8. The molecule has 0 aliphatic heterocycles. The van der Waals surface area contributed by atoms with E-state index in [1.807, 2.05) is 0 Å². The third kappa shape index (κ3) is 4.89. The number of hydrogen-bond acceptors (Lipinski definition) is 6. The van der Waals surface area contributed by atoms with E-state index in [4.69, 9.17) is 4.52 Å². The molecular formula is C24H19F3N2O4. The smallest absolute Gasteiger partial charge is 0.405 e. The van der Waals surface area contributed by atoms with Gasteiger partial charge in [0, 0.05) is 16.7 Å². The van der Waals surface area contributed by atoms with Crippen molar-refractivity contribution in [3.05, 3.63) is 77.4 Å². The minimum absolute atomic E-state index is 0.198. The Morgan fingerprint density at radius 1 is 0.879 bits per heavy atom. The van der Waals surface area contributed by atoms with E-state index in [9.17, 15) is 23.4 Å². The third-order valence-corrected chi connectivity index (χ3v) is 5.11. The molecule has 4 rings (SSSR count). The van der Waals surface area contributed by atoms with Gasteiger partial charge < -0.3 is 19.5 Å². The number of aliphatic hydroxyl groups is 2. The van der Waals surface area contributed by atoms with Gasteiger partial charge in [0.1, 0.15) is 5.75 Å². The molecule has 33 heavy (non-hydrogen) atoms. The van der Waals surface area contributed by atoms with Crippen molar-refractivity contribution in [3.8, 4) is 39.7 Å². The number of alkyl halides is 3. The van der Waals surface area contributed by atoms with E-state index >= 15 is 0 Å². The number of hydrogen-bond donors (Lipinski definition) is 2. The van der Waals surface area contributed by atoms with Crippen LogP contribution in [0.5, 0.6) is 5.75 Å². The van der Waals surface area contributed by atoms with E-state index < -0.39 is 6.36 Å². The van der Waals surface area contributed by atoms with Crippen molar-refractivity contribution in [1.29, 1.82) is 0 Å². The van der Waals surface area contributed by atoms with E-state index in [0.717, 1.165) is 0 Å². The summed E-state index contributed by atoms with van der Waals surface area (Å²) < 4.78 is 47.9. The van der Waals surface area contributed by atoms with Crippen molar-refractivity contribution < 1.29 is 32.6 Å². The summed E-state index contributed by atoms with van der Waals surface area (Å²) in [6.07, 6.45) is -4.80. The Morgan fingerprint density at radius 3 is 2.30 bits per heavy atom. The van der Waals surface area contributed by atoms with Crippen LogP contribution in [0.1, 0.15) is 16.7 Å². The number of ether oxygens (including phenoxy) is 1. The normalized spacial score (nSPS) is 11.6. The minimum Gasteiger partial charge on any atom is -0.405 e. The van der Waals surface area contributed by atoms with E-state index in [1.54, 1.807) is 55.5 Å². The molecule has 0 atom stereocenters. The number of nitrogens with zero attached hydrogens (tertiary/aromatic N) is 2. The molecule has 3 aromatic carbocycles. The van der Waals surface area contributed by atoms with Crippen LogP contribution in [0.25, 0.3) is 34.0 Å². The highest BCUT2D eigenvalue weighted by atomic mass is 19.4. The molecule has 0 amide bonds. The van der Waals surface area contributed by atoms with E-state index in [-0.39, 0.29) is 24.9 Å². The number of aryl methyl sites for hydroxylation is 1. The highest BCUT2D eigenvalue weighted by molar-refractivity contribution is 5.76. The third-order valence-electron chi connectivity index (χ3n) is 5.11. The quantitative estimate of drug-likeness (QED) is 0.411. The van der Waals surface area contributed by atoms with Crippen molar-refractivity contribution in [3.63, 3.8) is 0 Å². The van der Waals surface area contributed by atoms with Crippen LogP contribution in [0, 0.1) is 6.92 Å². The average Bonchev–Trinajstić information content (AvgIpc) is 3.28. The Balaban J connectivity index is 1.65. The van der Waals surface area contributed by atoms with Gasteiger partial charge in [0.15, 0.2) is 0 Å². The van der Waals surface area contributed by atoms with Gasteiger partial charge >= 0.3 is 6.36 Å². The molecule has 0 aliphatic rings. The molecule has 0 radical (unpaired) electrons. The summed E-state index contributed by atoms with van der Waals surface area (Å²) in [5, 5.41) is 22.8. The van der Waals surface area contributed by atoms with Gasteiger partial charge in [-0.05, 0) is 53.4 Å². The fourth-order valence-electron chi connectivity index (χ4n) is 3.53. The second-order valence-corrected chi connectivity index (χ2v) is 7.30. The monoisotopic (exact) mass is 456 g/mol. The maximum atomic E-state index is 12.8. The molecule has 6 nitrogen and oxygen atoms in total. The van der Waals surface area contributed by atoms with Crippen LogP contribution in [0.4, 0.5) is 13.2 Å². The standard InChI is InChI=1S/C24H19F3N2O4/c1-14-10-16(8-9-19(14)20-4-2-3-5-21(20)32-24(25,26)27)23-28-22(29-33-23)15-6-7-17(12-30)18(11-15)13-31/h2-11,30-31H,12-13H2,1H3. The first-order valence-electron chi connectivity index (χ1n) is 9.93. The van der Waals surface area contributed by atoms with Crippen LogP contribution in [-0.2, 0) is 13.2 Å². The molecule has 170 valence electrons. The number of halogens is 3. The van der Waals surface area contributed by atoms with Crippen LogP contribution in [0.3, 0.4) is 0 Å². The van der Waals surface area contributed by atoms with Gasteiger partial charge in [-0.15, -0.1) is 13.2 Å². The number of aliphatic hydroxyl groups excluding tert-OH is 2. The molecule has 0 aliphatic carbocycles. The minimum atomic E-state index is -4.80. The molecule has 0 unspecified atom stereocenters. The fraction of sp³-hybridized carbons (Fsp3) is 0.167. The second kappa shape index (κ2) is 9.05. The van der Waals surface area contributed by atoms with Crippen LogP contribution in [0.2, 0.25) is 0 Å². The van der Waals surface area contributed by atoms with Gasteiger partial charge in [-0.25, -0.2) is 0 Å². The average molecular weight is 456 g/mol. The lowest BCUT2D eigenvalue weighted by Crippen LogP contribution is -2.17. The Labute approximate surface area is 186 Å². The summed E-state index contributed by atoms with van der Waals surface area (Å²) in [6, 6.07) is 16.1.